The van der Waals surface area contributed by atoms with E-state index in [2.05, 4.69) is 37.3 Å². The van der Waals surface area contributed by atoms with Crippen LogP contribution in [0.1, 0.15) is 16.7 Å². The summed E-state index contributed by atoms with van der Waals surface area (Å²) in [5.41, 5.74) is 4.80. The van der Waals surface area contributed by atoms with Crippen molar-refractivity contribution in [2.24, 2.45) is 0 Å². The zero-order valence-electron chi connectivity index (χ0n) is 11.8. The lowest BCUT2D eigenvalue weighted by Gasteiger charge is -2.11. The Kier molecular flexibility index (Phi) is 5.54. The second-order valence-corrected chi connectivity index (χ2v) is 4.60. The number of hydrogen-bond acceptors (Lipinski definition) is 2. The third kappa shape index (κ3) is 3.80. The molecule has 0 aliphatic rings. The maximum absolute atomic E-state index is 8.76. The molecular weight excluding hydrogens is 248 g/mol. The van der Waals surface area contributed by atoms with Crippen LogP contribution in [0.15, 0.2) is 60.7 Å². The second-order valence-electron chi connectivity index (χ2n) is 4.60. The van der Waals surface area contributed by atoms with Gasteiger partial charge in [-0.05, 0) is 29.2 Å². The summed E-state index contributed by atoms with van der Waals surface area (Å²) in [5.74, 6) is 0. The van der Waals surface area contributed by atoms with Crippen LogP contribution in [-0.4, -0.2) is 24.9 Å². The first-order chi connectivity index (χ1) is 9.83. The molecule has 0 saturated heterocycles. The molecule has 0 unspecified atom stereocenters. The molecule has 0 heterocycles. The highest BCUT2D eigenvalue weighted by Crippen LogP contribution is 2.25. The van der Waals surface area contributed by atoms with E-state index in [-0.39, 0.29) is 6.61 Å². The van der Waals surface area contributed by atoms with Gasteiger partial charge in [-0.1, -0.05) is 60.7 Å². The van der Waals surface area contributed by atoms with Crippen LogP contribution >= 0.6 is 0 Å². The molecular formula is C18H20O2. The van der Waals surface area contributed by atoms with Crippen molar-refractivity contribution in [2.75, 3.05) is 19.8 Å². The van der Waals surface area contributed by atoms with Crippen molar-refractivity contribution >= 4 is 5.57 Å². The van der Waals surface area contributed by atoms with Crippen LogP contribution in [-0.2, 0) is 4.74 Å². The SMILES string of the molecule is Cc1ccccc1/C(=C\COCCO)c1ccccc1. The highest BCUT2D eigenvalue weighted by atomic mass is 16.5. The predicted molar refractivity (Wildman–Crippen MR) is 82.6 cm³/mol. The number of ether oxygens (including phenoxy) is 1. The van der Waals surface area contributed by atoms with Gasteiger partial charge >= 0.3 is 0 Å². The zero-order valence-corrected chi connectivity index (χ0v) is 11.8. The van der Waals surface area contributed by atoms with E-state index in [1.807, 2.05) is 30.3 Å². The molecule has 2 heteroatoms. The Morgan fingerprint density at radius 1 is 1.05 bits per heavy atom. The highest BCUT2D eigenvalue weighted by molar-refractivity contribution is 5.81. The standard InChI is InChI=1S/C18H20O2/c1-15-7-5-6-10-17(15)18(11-13-20-14-12-19)16-8-3-2-4-9-16/h2-11,19H,12-14H2,1H3/b18-11-. The Hall–Kier alpha value is -1.90. The maximum Gasteiger partial charge on any atom is 0.0702 e. The van der Waals surface area contributed by atoms with Crippen molar-refractivity contribution in [3.63, 3.8) is 0 Å². The molecule has 2 aromatic rings. The van der Waals surface area contributed by atoms with E-state index >= 15 is 0 Å². The molecule has 0 aromatic heterocycles. The summed E-state index contributed by atoms with van der Waals surface area (Å²) >= 11 is 0. The Bertz CT molecular complexity index is 559. The summed E-state index contributed by atoms with van der Waals surface area (Å²) in [6, 6.07) is 18.6. The minimum atomic E-state index is 0.0544. The maximum atomic E-state index is 8.76. The Balaban J connectivity index is 2.32. The van der Waals surface area contributed by atoms with Crippen molar-refractivity contribution < 1.29 is 9.84 Å². The fourth-order valence-electron chi connectivity index (χ4n) is 2.17. The number of aliphatic hydroxyl groups excluding tert-OH is 1. The molecule has 0 amide bonds. The monoisotopic (exact) mass is 268 g/mol. The summed E-state index contributed by atoms with van der Waals surface area (Å²) < 4.78 is 5.37. The van der Waals surface area contributed by atoms with Gasteiger partial charge in [-0.15, -0.1) is 0 Å². The van der Waals surface area contributed by atoms with Crippen molar-refractivity contribution in [3.05, 3.63) is 77.4 Å². The van der Waals surface area contributed by atoms with Gasteiger partial charge in [0.1, 0.15) is 0 Å². The third-order valence-electron chi connectivity index (χ3n) is 3.16. The largest absolute Gasteiger partial charge is 0.394 e. The molecule has 0 aliphatic carbocycles. The van der Waals surface area contributed by atoms with Crippen LogP contribution in [0.5, 0.6) is 0 Å². The van der Waals surface area contributed by atoms with E-state index in [0.717, 1.165) is 0 Å². The quantitative estimate of drug-likeness (QED) is 0.813. The molecule has 1 N–H and O–H groups in total. The van der Waals surface area contributed by atoms with Gasteiger partial charge in [-0.25, -0.2) is 0 Å². The number of hydrogen-bond donors (Lipinski definition) is 1. The average Bonchev–Trinajstić information content (AvgIpc) is 2.49. The second kappa shape index (κ2) is 7.63. The number of aryl methyl sites for hydroxylation is 1. The minimum absolute atomic E-state index is 0.0544. The lowest BCUT2D eigenvalue weighted by molar-refractivity contribution is 0.112. The summed E-state index contributed by atoms with van der Waals surface area (Å²) in [4.78, 5) is 0. The third-order valence-corrected chi connectivity index (χ3v) is 3.16. The van der Waals surface area contributed by atoms with Gasteiger partial charge in [0, 0.05) is 0 Å². The Morgan fingerprint density at radius 3 is 2.45 bits per heavy atom. The molecule has 2 nitrogen and oxygen atoms in total. The van der Waals surface area contributed by atoms with Gasteiger partial charge in [-0.3, -0.25) is 0 Å². The van der Waals surface area contributed by atoms with Crippen molar-refractivity contribution in [2.45, 2.75) is 6.92 Å². The van der Waals surface area contributed by atoms with Gasteiger partial charge in [-0.2, -0.15) is 0 Å². The first kappa shape index (κ1) is 14.5. The first-order valence-corrected chi connectivity index (χ1v) is 6.83. The summed E-state index contributed by atoms with van der Waals surface area (Å²) in [6.45, 7) is 3.03. The van der Waals surface area contributed by atoms with Gasteiger partial charge in [0.2, 0.25) is 0 Å². The lowest BCUT2D eigenvalue weighted by Crippen LogP contribution is -2.00. The molecule has 0 aliphatic heterocycles. The normalized spacial score (nSPS) is 11.6. The van der Waals surface area contributed by atoms with Gasteiger partial charge in [0.15, 0.2) is 0 Å². The van der Waals surface area contributed by atoms with E-state index in [4.69, 9.17) is 9.84 Å². The summed E-state index contributed by atoms with van der Waals surface area (Å²) in [6.07, 6.45) is 2.08. The number of rotatable bonds is 6. The first-order valence-electron chi connectivity index (χ1n) is 6.83. The molecule has 0 fully saturated rings. The Morgan fingerprint density at radius 2 is 1.75 bits per heavy atom. The van der Waals surface area contributed by atoms with Crippen LogP contribution in [0, 0.1) is 6.92 Å². The predicted octanol–water partition coefficient (Wildman–Crippen LogP) is 3.44. The van der Waals surface area contributed by atoms with Crippen molar-refractivity contribution in [1.82, 2.24) is 0 Å². The molecule has 0 saturated carbocycles. The minimum Gasteiger partial charge on any atom is -0.394 e. The molecule has 0 radical (unpaired) electrons. The molecule has 2 rings (SSSR count). The molecule has 20 heavy (non-hydrogen) atoms. The van der Waals surface area contributed by atoms with Gasteiger partial charge in [0.25, 0.3) is 0 Å². The van der Waals surface area contributed by atoms with E-state index in [1.165, 1.54) is 22.3 Å². The van der Waals surface area contributed by atoms with Gasteiger partial charge in [0.05, 0.1) is 19.8 Å². The topological polar surface area (TPSA) is 29.5 Å². The van der Waals surface area contributed by atoms with E-state index in [9.17, 15) is 0 Å². The fraction of sp³-hybridized carbons (Fsp3) is 0.222. The smallest absolute Gasteiger partial charge is 0.0702 e. The van der Waals surface area contributed by atoms with Crippen LogP contribution in [0.4, 0.5) is 0 Å². The van der Waals surface area contributed by atoms with E-state index in [1.54, 1.807) is 0 Å². The lowest BCUT2D eigenvalue weighted by atomic mass is 9.94. The summed E-state index contributed by atoms with van der Waals surface area (Å²) in [7, 11) is 0. The van der Waals surface area contributed by atoms with Crippen LogP contribution in [0.3, 0.4) is 0 Å². The highest BCUT2D eigenvalue weighted by Gasteiger charge is 2.06. The zero-order chi connectivity index (χ0) is 14.2. The number of benzene rings is 2. The van der Waals surface area contributed by atoms with Crippen LogP contribution in [0.2, 0.25) is 0 Å². The average molecular weight is 268 g/mol. The van der Waals surface area contributed by atoms with E-state index < -0.39 is 0 Å². The molecule has 104 valence electrons. The Labute approximate surface area is 120 Å². The van der Waals surface area contributed by atoms with Crippen LogP contribution in [0.25, 0.3) is 5.57 Å². The van der Waals surface area contributed by atoms with Crippen molar-refractivity contribution in [1.29, 1.82) is 0 Å². The fourth-order valence-corrected chi connectivity index (χ4v) is 2.17. The molecule has 0 atom stereocenters. The molecule has 0 spiro atoms. The number of aliphatic hydroxyl groups is 1. The summed E-state index contributed by atoms with van der Waals surface area (Å²) in [5, 5.41) is 8.76. The van der Waals surface area contributed by atoms with Crippen molar-refractivity contribution in [3.8, 4) is 0 Å². The molecule has 2 aromatic carbocycles. The van der Waals surface area contributed by atoms with Gasteiger partial charge < -0.3 is 9.84 Å². The molecule has 0 bridgehead atoms. The van der Waals surface area contributed by atoms with Crippen LogP contribution < -0.4 is 0 Å². The van der Waals surface area contributed by atoms with E-state index in [0.29, 0.717) is 13.2 Å².